The number of benzene rings is 4. The van der Waals surface area contributed by atoms with Gasteiger partial charge in [0.25, 0.3) is 0 Å². The van der Waals surface area contributed by atoms with Gasteiger partial charge in [0.2, 0.25) is 0 Å². The molecule has 1 aliphatic rings. The van der Waals surface area contributed by atoms with E-state index in [1.54, 1.807) is 30.3 Å². The van der Waals surface area contributed by atoms with E-state index in [1.165, 1.54) is 5.56 Å². The topological polar surface area (TPSA) is 70.4 Å². The molecule has 0 heterocycles. The third kappa shape index (κ3) is 2.61. The molecular weight excluding hydrogens is 374 g/mol. The first-order chi connectivity index (χ1) is 14.6. The van der Waals surface area contributed by atoms with E-state index >= 15 is 0 Å². The highest BCUT2D eigenvalue weighted by atomic mass is 16.5. The van der Waals surface area contributed by atoms with Crippen LogP contribution in [-0.4, -0.2) is 16.6 Å². The molecule has 1 aliphatic carbocycles. The summed E-state index contributed by atoms with van der Waals surface area (Å²) in [6.07, 6.45) is 0.921. The van der Waals surface area contributed by atoms with E-state index in [0.717, 1.165) is 6.42 Å². The minimum absolute atomic E-state index is 0.0675. The third-order valence-electron chi connectivity index (χ3n) is 5.61. The number of carbonyl (C=O) groups excluding carboxylic acids is 1. The van der Waals surface area contributed by atoms with Crippen molar-refractivity contribution in [2.45, 2.75) is 13.3 Å². The van der Waals surface area contributed by atoms with Crippen molar-refractivity contribution in [1.82, 2.24) is 0 Å². The zero-order valence-corrected chi connectivity index (χ0v) is 16.4. The summed E-state index contributed by atoms with van der Waals surface area (Å²) in [5, 5.41) is 20.9. The summed E-state index contributed by atoms with van der Waals surface area (Å²) in [4.78, 5) is 13.5. The number of ketones is 1. The highest BCUT2D eigenvalue weighted by molar-refractivity contribution is 6.33. The Morgan fingerprint density at radius 3 is 2.17 bits per heavy atom. The van der Waals surface area contributed by atoms with Crippen molar-refractivity contribution in [2.24, 2.45) is 0 Å². The Hall–Kier alpha value is -3.92. The van der Waals surface area contributed by atoms with Crippen molar-refractivity contribution in [2.75, 3.05) is 0 Å². The number of hydrogen-bond donors (Lipinski definition) is 2. The lowest BCUT2D eigenvalue weighted by Crippen LogP contribution is -2.22. The minimum atomic E-state index is -0.252. The van der Waals surface area contributed by atoms with Crippen LogP contribution in [0.4, 0.5) is 0 Å². The van der Waals surface area contributed by atoms with E-state index in [4.69, 9.17) is 10.1 Å². The molecular formula is C26H19NO3. The molecule has 0 radical (unpaired) electrons. The van der Waals surface area contributed by atoms with Crippen LogP contribution in [-0.2, 0) is 6.42 Å². The van der Waals surface area contributed by atoms with Gasteiger partial charge in [0.05, 0.1) is 16.8 Å². The summed E-state index contributed by atoms with van der Waals surface area (Å²) in [5.41, 5.74) is 2.71. The Bertz CT molecular complexity index is 1340. The molecule has 0 amide bonds. The number of aryl methyl sites for hydroxylation is 1. The Labute approximate surface area is 173 Å². The molecule has 0 aliphatic heterocycles. The normalized spacial score (nSPS) is 12.6. The molecule has 4 aromatic carbocycles. The highest BCUT2D eigenvalue weighted by Crippen LogP contribution is 2.46. The SMILES string of the molecule is CCc1ccc(Oc2c3c(c(O)c4ccccc24)C(=N)c2ccccc2C3=O)cc1. The predicted molar refractivity (Wildman–Crippen MR) is 117 cm³/mol. The van der Waals surface area contributed by atoms with Gasteiger partial charge >= 0.3 is 0 Å². The summed E-state index contributed by atoms with van der Waals surface area (Å²) < 4.78 is 6.25. The van der Waals surface area contributed by atoms with Crippen molar-refractivity contribution in [3.05, 3.63) is 101 Å². The number of phenolic OH excluding ortho intramolecular Hbond substituents is 1. The number of carbonyl (C=O) groups is 1. The predicted octanol–water partition coefficient (Wildman–Crippen LogP) is 5.86. The Kier molecular flexibility index (Phi) is 4.14. The number of aromatic hydroxyl groups is 1. The maximum absolute atomic E-state index is 13.5. The van der Waals surface area contributed by atoms with Gasteiger partial charge in [0, 0.05) is 21.9 Å². The second-order valence-electron chi connectivity index (χ2n) is 7.32. The Morgan fingerprint density at radius 2 is 1.47 bits per heavy atom. The first kappa shape index (κ1) is 18.1. The van der Waals surface area contributed by atoms with Gasteiger partial charge in [-0.25, -0.2) is 0 Å². The van der Waals surface area contributed by atoms with Crippen LogP contribution in [0.5, 0.6) is 17.2 Å². The van der Waals surface area contributed by atoms with E-state index < -0.39 is 0 Å². The van der Waals surface area contributed by atoms with Crippen LogP contribution in [0, 0.1) is 5.41 Å². The van der Waals surface area contributed by atoms with Crippen LogP contribution in [0.1, 0.15) is 39.5 Å². The molecule has 4 aromatic rings. The Balaban J connectivity index is 1.80. The molecule has 0 bridgehead atoms. The van der Waals surface area contributed by atoms with Gasteiger partial charge in [-0.15, -0.1) is 0 Å². The second-order valence-corrected chi connectivity index (χ2v) is 7.32. The summed E-state index contributed by atoms with van der Waals surface area (Å²) in [5.74, 6) is 0.648. The quantitative estimate of drug-likeness (QED) is 0.403. The maximum atomic E-state index is 13.5. The summed E-state index contributed by atoms with van der Waals surface area (Å²) in [7, 11) is 0. The average Bonchev–Trinajstić information content (AvgIpc) is 2.79. The lowest BCUT2D eigenvalue weighted by Gasteiger charge is -2.24. The monoisotopic (exact) mass is 393 g/mol. The first-order valence-corrected chi connectivity index (χ1v) is 9.87. The molecule has 4 heteroatoms. The lowest BCUT2D eigenvalue weighted by atomic mass is 9.81. The highest BCUT2D eigenvalue weighted by Gasteiger charge is 2.34. The van der Waals surface area contributed by atoms with E-state index in [9.17, 15) is 9.90 Å². The minimum Gasteiger partial charge on any atom is -0.507 e. The number of hydrogen-bond acceptors (Lipinski definition) is 4. The third-order valence-corrected chi connectivity index (χ3v) is 5.61. The van der Waals surface area contributed by atoms with Crippen molar-refractivity contribution in [3.8, 4) is 17.2 Å². The van der Waals surface area contributed by atoms with Crippen molar-refractivity contribution >= 4 is 22.3 Å². The standard InChI is InChI=1S/C26H19NO3/c1-2-15-11-13-16(14-12-15)30-26-20-10-6-5-9-19(20)24(28)21-22(26)25(29)18-8-4-3-7-17(18)23(21)27/h3-14,27-28H,2H2,1H3. The number of phenols is 1. The molecule has 146 valence electrons. The molecule has 2 N–H and O–H groups in total. The van der Waals surface area contributed by atoms with Crippen LogP contribution in [0.25, 0.3) is 10.8 Å². The number of ether oxygens (including phenoxy) is 1. The van der Waals surface area contributed by atoms with Crippen LogP contribution in [0.15, 0.2) is 72.8 Å². The molecule has 0 fully saturated rings. The molecule has 0 unspecified atom stereocenters. The van der Waals surface area contributed by atoms with Gasteiger partial charge in [0.1, 0.15) is 17.2 Å². The summed E-state index contributed by atoms with van der Waals surface area (Å²) in [6, 6.07) is 22.0. The number of rotatable bonds is 3. The van der Waals surface area contributed by atoms with Gasteiger partial charge in [0.15, 0.2) is 5.78 Å². The molecule has 4 nitrogen and oxygen atoms in total. The van der Waals surface area contributed by atoms with Crippen LogP contribution in [0.2, 0.25) is 0 Å². The van der Waals surface area contributed by atoms with Gasteiger partial charge in [-0.05, 0) is 24.1 Å². The fourth-order valence-electron chi connectivity index (χ4n) is 4.03. The number of fused-ring (bicyclic) bond motifs is 3. The average molecular weight is 393 g/mol. The summed E-state index contributed by atoms with van der Waals surface area (Å²) >= 11 is 0. The molecule has 0 atom stereocenters. The van der Waals surface area contributed by atoms with E-state index in [2.05, 4.69) is 6.92 Å². The smallest absolute Gasteiger partial charge is 0.198 e. The fraction of sp³-hybridized carbons (Fsp3) is 0.0769. The van der Waals surface area contributed by atoms with Crippen molar-refractivity contribution in [1.29, 1.82) is 5.41 Å². The second kappa shape index (κ2) is 6.85. The van der Waals surface area contributed by atoms with E-state index in [-0.39, 0.29) is 28.4 Å². The molecule has 5 rings (SSSR count). The Morgan fingerprint density at radius 1 is 0.833 bits per heavy atom. The van der Waals surface area contributed by atoms with Crippen molar-refractivity contribution < 1.29 is 14.6 Å². The van der Waals surface area contributed by atoms with Crippen LogP contribution >= 0.6 is 0 Å². The zero-order valence-electron chi connectivity index (χ0n) is 16.4. The molecule has 30 heavy (non-hydrogen) atoms. The number of nitrogens with one attached hydrogen (secondary N) is 1. The summed E-state index contributed by atoms with van der Waals surface area (Å²) in [6.45, 7) is 2.08. The largest absolute Gasteiger partial charge is 0.507 e. The molecule has 0 saturated carbocycles. The lowest BCUT2D eigenvalue weighted by molar-refractivity contribution is 0.103. The van der Waals surface area contributed by atoms with E-state index in [0.29, 0.717) is 33.4 Å². The van der Waals surface area contributed by atoms with Gasteiger partial charge in [-0.3, -0.25) is 10.2 Å². The molecule has 0 aromatic heterocycles. The first-order valence-electron chi connectivity index (χ1n) is 9.87. The molecule has 0 saturated heterocycles. The maximum Gasteiger partial charge on any atom is 0.198 e. The van der Waals surface area contributed by atoms with Crippen LogP contribution in [0.3, 0.4) is 0 Å². The van der Waals surface area contributed by atoms with Gasteiger partial charge < -0.3 is 9.84 Å². The van der Waals surface area contributed by atoms with E-state index in [1.807, 2.05) is 42.5 Å². The van der Waals surface area contributed by atoms with Crippen LogP contribution < -0.4 is 4.74 Å². The van der Waals surface area contributed by atoms with Crippen molar-refractivity contribution in [3.63, 3.8) is 0 Å². The van der Waals surface area contributed by atoms with Gasteiger partial charge in [-0.2, -0.15) is 0 Å². The fourth-order valence-corrected chi connectivity index (χ4v) is 4.03. The van der Waals surface area contributed by atoms with Gasteiger partial charge in [-0.1, -0.05) is 67.6 Å². The zero-order chi connectivity index (χ0) is 20.8. The molecule has 0 spiro atoms.